The highest BCUT2D eigenvalue weighted by Gasteiger charge is 2.29. The largest absolute Gasteiger partial charge is 0.456 e. The molecule has 0 saturated heterocycles. The van der Waals surface area contributed by atoms with Gasteiger partial charge in [0.05, 0.1) is 5.56 Å². The van der Waals surface area contributed by atoms with Crippen LogP contribution in [0.25, 0.3) is 0 Å². The van der Waals surface area contributed by atoms with E-state index in [9.17, 15) is 18.0 Å². The Morgan fingerprint density at radius 3 is 2.44 bits per heavy atom. The maximum absolute atomic E-state index is 12.5. The first-order valence-electron chi connectivity index (χ1n) is 10.2. The number of hydrogen-bond acceptors (Lipinski definition) is 8. The zero-order valence-corrected chi connectivity index (χ0v) is 18.5. The molecule has 176 valence electrons. The number of anilines is 3. The van der Waals surface area contributed by atoms with E-state index in [1.54, 1.807) is 39.0 Å². The lowest BCUT2D eigenvalue weighted by molar-refractivity contribution is -0.154. The maximum atomic E-state index is 12.5. The zero-order chi connectivity index (χ0) is 23.8. The Balaban J connectivity index is 2.21. The van der Waals surface area contributed by atoms with Crippen molar-refractivity contribution in [2.24, 2.45) is 0 Å². The third kappa shape index (κ3) is 9.36. The topological polar surface area (TPSA) is 98.3 Å². The first-order valence-corrected chi connectivity index (χ1v) is 10.2. The van der Waals surface area contributed by atoms with Crippen LogP contribution in [0.3, 0.4) is 0 Å². The second kappa shape index (κ2) is 11.0. The van der Waals surface area contributed by atoms with Crippen LogP contribution in [-0.2, 0) is 4.74 Å². The van der Waals surface area contributed by atoms with Crippen molar-refractivity contribution in [3.63, 3.8) is 0 Å². The standard InChI is InChI=1S/C21H28F3N5O3/c1-5-6-7-11-25-17-27-18(29-19(28-17)31-13-21(22,23)24)26-15-10-8-9-14(12-15)16(30)32-20(2,3)4/h8-10,12H,5-7,11,13H2,1-4H3,(H2,25,26,27,28,29). The van der Waals surface area contributed by atoms with Crippen LogP contribution in [0.5, 0.6) is 6.01 Å². The summed E-state index contributed by atoms with van der Waals surface area (Å²) in [5.41, 5.74) is 0.0846. The number of nitrogens with one attached hydrogen (secondary N) is 2. The molecule has 0 aliphatic carbocycles. The van der Waals surface area contributed by atoms with Crippen LogP contribution in [0.4, 0.5) is 30.8 Å². The molecule has 0 unspecified atom stereocenters. The molecule has 0 fully saturated rings. The van der Waals surface area contributed by atoms with E-state index in [4.69, 9.17) is 9.47 Å². The normalized spacial score (nSPS) is 11.7. The summed E-state index contributed by atoms with van der Waals surface area (Å²) in [4.78, 5) is 24.3. The van der Waals surface area contributed by atoms with Gasteiger partial charge in [-0.3, -0.25) is 0 Å². The highest BCUT2D eigenvalue weighted by molar-refractivity contribution is 5.91. The summed E-state index contributed by atoms with van der Waals surface area (Å²) < 4.78 is 47.7. The number of carbonyl (C=O) groups excluding carboxylic acids is 1. The van der Waals surface area contributed by atoms with Gasteiger partial charge in [0.15, 0.2) is 6.61 Å². The predicted molar refractivity (Wildman–Crippen MR) is 114 cm³/mol. The third-order valence-corrected chi connectivity index (χ3v) is 3.80. The van der Waals surface area contributed by atoms with Crippen molar-refractivity contribution in [2.45, 2.75) is 58.7 Å². The van der Waals surface area contributed by atoms with Crippen LogP contribution in [0.15, 0.2) is 24.3 Å². The molecule has 0 spiro atoms. The predicted octanol–water partition coefficient (Wildman–Crippen LogP) is 5.11. The van der Waals surface area contributed by atoms with Gasteiger partial charge in [0.1, 0.15) is 5.60 Å². The zero-order valence-electron chi connectivity index (χ0n) is 18.5. The summed E-state index contributed by atoms with van der Waals surface area (Å²) in [6.07, 6.45) is -1.68. The van der Waals surface area contributed by atoms with E-state index in [0.29, 0.717) is 17.8 Å². The molecule has 0 aliphatic rings. The number of benzene rings is 1. The minimum atomic E-state index is -4.53. The Morgan fingerprint density at radius 1 is 1.06 bits per heavy atom. The van der Waals surface area contributed by atoms with E-state index >= 15 is 0 Å². The van der Waals surface area contributed by atoms with E-state index in [1.807, 2.05) is 0 Å². The van der Waals surface area contributed by atoms with Gasteiger partial charge in [-0.25, -0.2) is 4.79 Å². The fraction of sp³-hybridized carbons (Fsp3) is 0.524. The van der Waals surface area contributed by atoms with Gasteiger partial charge in [-0.2, -0.15) is 28.1 Å². The number of nitrogens with zero attached hydrogens (tertiary/aromatic N) is 3. The van der Waals surface area contributed by atoms with Gasteiger partial charge in [0, 0.05) is 12.2 Å². The number of rotatable bonds is 10. The van der Waals surface area contributed by atoms with E-state index in [-0.39, 0.29) is 11.9 Å². The van der Waals surface area contributed by atoms with Crippen molar-refractivity contribution in [1.82, 2.24) is 15.0 Å². The van der Waals surface area contributed by atoms with E-state index < -0.39 is 30.4 Å². The number of aromatic nitrogens is 3. The minimum absolute atomic E-state index is 0.0310. The van der Waals surface area contributed by atoms with Crippen molar-refractivity contribution < 1.29 is 27.4 Å². The SMILES string of the molecule is CCCCCNc1nc(Nc2cccc(C(=O)OC(C)(C)C)c2)nc(OCC(F)(F)F)n1. The van der Waals surface area contributed by atoms with Gasteiger partial charge in [-0.05, 0) is 45.4 Å². The van der Waals surface area contributed by atoms with Crippen molar-refractivity contribution in [3.8, 4) is 6.01 Å². The fourth-order valence-electron chi connectivity index (χ4n) is 2.47. The van der Waals surface area contributed by atoms with Crippen LogP contribution < -0.4 is 15.4 Å². The fourth-order valence-corrected chi connectivity index (χ4v) is 2.47. The lowest BCUT2D eigenvalue weighted by atomic mass is 10.1. The smallest absolute Gasteiger partial charge is 0.422 e. The summed E-state index contributed by atoms with van der Waals surface area (Å²) in [7, 11) is 0. The molecule has 0 aliphatic heterocycles. The van der Waals surface area contributed by atoms with Gasteiger partial charge in [0.25, 0.3) is 0 Å². The average Bonchev–Trinajstić information content (AvgIpc) is 2.68. The number of ether oxygens (including phenoxy) is 2. The number of carbonyl (C=O) groups is 1. The second-order valence-corrected chi connectivity index (χ2v) is 8.01. The lowest BCUT2D eigenvalue weighted by Crippen LogP contribution is -2.23. The van der Waals surface area contributed by atoms with Crippen molar-refractivity contribution in [3.05, 3.63) is 29.8 Å². The Labute approximate surface area is 185 Å². The Bertz CT molecular complexity index is 901. The molecule has 2 rings (SSSR count). The molecule has 2 aromatic rings. The molecular weight excluding hydrogens is 427 g/mol. The summed E-state index contributed by atoms with van der Waals surface area (Å²) in [5.74, 6) is -0.458. The Hall–Kier alpha value is -3.11. The molecule has 8 nitrogen and oxygen atoms in total. The van der Waals surface area contributed by atoms with Gasteiger partial charge in [0.2, 0.25) is 11.9 Å². The number of esters is 1. The second-order valence-electron chi connectivity index (χ2n) is 8.01. The molecule has 0 saturated carbocycles. The van der Waals surface area contributed by atoms with Crippen LogP contribution in [0, 0.1) is 0 Å². The lowest BCUT2D eigenvalue weighted by Gasteiger charge is -2.19. The molecule has 1 aromatic heterocycles. The molecule has 11 heteroatoms. The van der Waals surface area contributed by atoms with E-state index in [0.717, 1.165) is 19.3 Å². The van der Waals surface area contributed by atoms with Crippen LogP contribution in [0.1, 0.15) is 57.3 Å². The van der Waals surface area contributed by atoms with E-state index in [2.05, 4.69) is 32.5 Å². The monoisotopic (exact) mass is 455 g/mol. The summed E-state index contributed by atoms with van der Waals surface area (Å²) in [6, 6.07) is 5.94. The minimum Gasteiger partial charge on any atom is -0.456 e. The maximum Gasteiger partial charge on any atom is 0.422 e. The number of hydrogen-bond donors (Lipinski definition) is 2. The van der Waals surface area contributed by atoms with Crippen molar-refractivity contribution >= 4 is 23.6 Å². The highest BCUT2D eigenvalue weighted by Crippen LogP contribution is 2.21. The quantitative estimate of drug-likeness (QED) is 0.377. The van der Waals surface area contributed by atoms with Crippen molar-refractivity contribution in [1.29, 1.82) is 0 Å². The third-order valence-electron chi connectivity index (χ3n) is 3.80. The molecule has 1 aromatic carbocycles. The van der Waals surface area contributed by atoms with E-state index in [1.165, 1.54) is 6.07 Å². The highest BCUT2D eigenvalue weighted by atomic mass is 19.4. The molecule has 0 radical (unpaired) electrons. The molecule has 2 N–H and O–H groups in total. The molecule has 0 atom stereocenters. The molecule has 0 bridgehead atoms. The number of halogens is 3. The van der Waals surface area contributed by atoms with Gasteiger partial charge in [-0.15, -0.1) is 0 Å². The molecule has 1 heterocycles. The number of alkyl halides is 3. The summed E-state index contributed by atoms with van der Waals surface area (Å²) >= 11 is 0. The van der Waals surface area contributed by atoms with Crippen LogP contribution in [-0.4, -0.2) is 45.9 Å². The Kier molecular flexibility index (Phi) is 8.62. The first-order chi connectivity index (χ1) is 14.9. The van der Waals surface area contributed by atoms with Crippen molar-refractivity contribution in [2.75, 3.05) is 23.8 Å². The van der Waals surface area contributed by atoms with Gasteiger partial charge < -0.3 is 20.1 Å². The van der Waals surface area contributed by atoms with Crippen LogP contribution in [0.2, 0.25) is 0 Å². The molecule has 0 amide bonds. The number of unbranched alkanes of at least 4 members (excludes halogenated alkanes) is 2. The Morgan fingerprint density at radius 2 is 1.78 bits per heavy atom. The van der Waals surface area contributed by atoms with Gasteiger partial charge >= 0.3 is 18.2 Å². The average molecular weight is 455 g/mol. The van der Waals surface area contributed by atoms with Crippen LogP contribution >= 0.6 is 0 Å². The molecule has 32 heavy (non-hydrogen) atoms. The molecular formula is C21H28F3N5O3. The summed E-state index contributed by atoms with van der Waals surface area (Å²) in [5, 5.41) is 5.83. The summed E-state index contributed by atoms with van der Waals surface area (Å²) in [6.45, 7) is 6.35. The first kappa shape index (κ1) is 25.2. The van der Waals surface area contributed by atoms with Gasteiger partial charge in [-0.1, -0.05) is 25.8 Å².